The SMILES string of the molecule is CC1=NC(C)C(/C=C/[C@@]2(c3ccccc3)C[C@H]2CO)C=N1. The lowest BCUT2D eigenvalue weighted by Crippen LogP contribution is -2.21. The van der Waals surface area contributed by atoms with Gasteiger partial charge in [0.1, 0.15) is 5.84 Å². The Morgan fingerprint density at radius 1 is 1.33 bits per heavy atom. The van der Waals surface area contributed by atoms with Gasteiger partial charge in [-0.2, -0.15) is 0 Å². The summed E-state index contributed by atoms with van der Waals surface area (Å²) in [6.45, 7) is 4.29. The zero-order valence-electron chi connectivity index (χ0n) is 12.6. The quantitative estimate of drug-likeness (QED) is 0.848. The summed E-state index contributed by atoms with van der Waals surface area (Å²) in [6.07, 6.45) is 7.49. The van der Waals surface area contributed by atoms with Gasteiger partial charge in [-0.05, 0) is 31.7 Å². The predicted molar refractivity (Wildman–Crippen MR) is 87.0 cm³/mol. The number of aliphatic imine (C=N–C) groups is 2. The number of aliphatic hydroxyl groups is 1. The van der Waals surface area contributed by atoms with Crippen LogP contribution in [-0.2, 0) is 5.41 Å². The summed E-state index contributed by atoms with van der Waals surface area (Å²) in [7, 11) is 0. The molecule has 3 nitrogen and oxygen atoms in total. The van der Waals surface area contributed by atoms with E-state index in [0.29, 0.717) is 5.92 Å². The molecule has 0 radical (unpaired) electrons. The van der Waals surface area contributed by atoms with Gasteiger partial charge in [-0.15, -0.1) is 0 Å². The van der Waals surface area contributed by atoms with Crippen molar-refractivity contribution in [2.24, 2.45) is 21.8 Å². The molecule has 1 saturated carbocycles. The Kier molecular flexibility index (Phi) is 3.77. The lowest BCUT2D eigenvalue weighted by Gasteiger charge is -2.19. The second kappa shape index (κ2) is 5.57. The van der Waals surface area contributed by atoms with Crippen molar-refractivity contribution in [2.75, 3.05) is 6.61 Å². The molecule has 2 unspecified atom stereocenters. The molecule has 1 heterocycles. The Balaban J connectivity index is 1.82. The van der Waals surface area contributed by atoms with Crippen LogP contribution in [-0.4, -0.2) is 29.8 Å². The van der Waals surface area contributed by atoms with Gasteiger partial charge < -0.3 is 5.11 Å². The highest BCUT2D eigenvalue weighted by Gasteiger charge is 2.52. The molecule has 110 valence electrons. The summed E-state index contributed by atoms with van der Waals surface area (Å²) in [5, 5.41) is 9.54. The highest BCUT2D eigenvalue weighted by atomic mass is 16.3. The zero-order chi connectivity index (χ0) is 14.9. The Hall–Kier alpha value is -1.74. The Bertz CT molecular complexity index is 590. The number of nitrogens with zero attached hydrogens (tertiary/aromatic N) is 2. The van der Waals surface area contributed by atoms with Gasteiger partial charge >= 0.3 is 0 Å². The third kappa shape index (κ3) is 2.70. The predicted octanol–water partition coefficient (Wildman–Crippen LogP) is 3.00. The molecule has 0 spiro atoms. The normalized spacial score (nSPS) is 35.0. The van der Waals surface area contributed by atoms with E-state index < -0.39 is 0 Å². The maximum absolute atomic E-state index is 9.54. The highest BCUT2D eigenvalue weighted by Crippen LogP contribution is 2.55. The number of allylic oxidation sites excluding steroid dienone is 1. The molecular formula is C18H22N2O. The van der Waals surface area contributed by atoms with Crippen LogP contribution >= 0.6 is 0 Å². The van der Waals surface area contributed by atoms with Crippen molar-refractivity contribution >= 4 is 12.1 Å². The van der Waals surface area contributed by atoms with Crippen LogP contribution in [0.1, 0.15) is 25.8 Å². The van der Waals surface area contributed by atoms with E-state index in [9.17, 15) is 5.11 Å². The van der Waals surface area contributed by atoms with Gasteiger partial charge in [0.2, 0.25) is 0 Å². The maximum Gasteiger partial charge on any atom is 0.120 e. The van der Waals surface area contributed by atoms with Crippen molar-refractivity contribution in [3.05, 3.63) is 48.0 Å². The average Bonchev–Trinajstić information content (AvgIpc) is 3.22. The van der Waals surface area contributed by atoms with Gasteiger partial charge in [-0.25, -0.2) is 4.99 Å². The van der Waals surface area contributed by atoms with Gasteiger partial charge in [0.15, 0.2) is 0 Å². The summed E-state index contributed by atoms with van der Waals surface area (Å²) < 4.78 is 0. The first-order valence-electron chi connectivity index (χ1n) is 7.60. The van der Waals surface area contributed by atoms with Crippen LogP contribution in [0, 0.1) is 11.8 Å². The van der Waals surface area contributed by atoms with Gasteiger partial charge in [0.25, 0.3) is 0 Å². The molecule has 4 atom stereocenters. The summed E-state index contributed by atoms with van der Waals surface area (Å²) in [5.74, 6) is 1.43. The van der Waals surface area contributed by atoms with E-state index in [1.165, 1.54) is 5.56 Å². The molecule has 3 heteroatoms. The van der Waals surface area contributed by atoms with E-state index in [1.807, 2.05) is 19.2 Å². The van der Waals surface area contributed by atoms with E-state index in [0.717, 1.165) is 12.3 Å². The molecule has 1 fully saturated rings. The summed E-state index contributed by atoms with van der Waals surface area (Å²) >= 11 is 0. The molecule has 1 N–H and O–H groups in total. The first-order chi connectivity index (χ1) is 10.2. The lowest BCUT2D eigenvalue weighted by molar-refractivity contribution is 0.268. The number of hydrogen-bond donors (Lipinski definition) is 1. The molecule has 0 aromatic heterocycles. The van der Waals surface area contributed by atoms with Crippen molar-refractivity contribution in [3.8, 4) is 0 Å². The van der Waals surface area contributed by atoms with Crippen LogP contribution in [0.15, 0.2) is 52.5 Å². The second-order valence-corrected chi connectivity index (χ2v) is 6.12. The second-order valence-electron chi connectivity index (χ2n) is 6.12. The van der Waals surface area contributed by atoms with Crippen molar-refractivity contribution in [1.29, 1.82) is 0 Å². The molecule has 2 aliphatic rings. The van der Waals surface area contributed by atoms with Crippen LogP contribution in [0.4, 0.5) is 0 Å². The summed E-state index contributed by atoms with van der Waals surface area (Å²) in [4.78, 5) is 8.83. The average molecular weight is 282 g/mol. The first kappa shape index (κ1) is 14.2. The fraction of sp³-hybridized carbons (Fsp3) is 0.444. The van der Waals surface area contributed by atoms with Crippen LogP contribution in [0.5, 0.6) is 0 Å². The Labute approximate surface area is 126 Å². The molecule has 0 saturated heterocycles. The molecule has 21 heavy (non-hydrogen) atoms. The minimum atomic E-state index is -0.000222. The van der Waals surface area contributed by atoms with Crippen LogP contribution < -0.4 is 0 Å². The van der Waals surface area contributed by atoms with E-state index in [1.54, 1.807) is 0 Å². The molecule has 0 bridgehead atoms. The number of rotatable bonds is 4. The molecule has 3 rings (SSSR count). The molecule has 1 aromatic rings. The molecule has 1 aliphatic carbocycles. The summed E-state index contributed by atoms with van der Waals surface area (Å²) in [6, 6.07) is 10.7. The van der Waals surface area contributed by atoms with E-state index in [2.05, 4.69) is 53.3 Å². The first-order valence-corrected chi connectivity index (χ1v) is 7.60. The summed E-state index contributed by atoms with van der Waals surface area (Å²) in [5.41, 5.74) is 1.29. The van der Waals surface area contributed by atoms with Gasteiger partial charge in [-0.1, -0.05) is 42.5 Å². The van der Waals surface area contributed by atoms with Crippen LogP contribution in [0.25, 0.3) is 0 Å². The maximum atomic E-state index is 9.54. The zero-order valence-corrected chi connectivity index (χ0v) is 12.6. The minimum Gasteiger partial charge on any atom is -0.396 e. The minimum absolute atomic E-state index is 0.000222. The van der Waals surface area contributed by atoms with Gasteiger partial charge in [0.05, 0.1) is 6.04 Å². The topological polar surface area (TPSA) is 45.0 Å². The number of benzene rings is 1. The van der Waals surface area contributed by atoms with Crippen LogP contribution in [0.3, 0.4) is 0 Å². The van der Waals surface area contributed by atoms with Gasteiger partial charge in [0, 0.05) is 24.2 Å². The van der Waals surface area contributed by atoms with Crippen molar-refractivity contribution < 1.29 is 5.11 Å². The fourth-order valence-corrected chi connectivity index (χ4v) is 3.20. The Morgan fingerprint density at radius 2 is 2.10 bits per heavy atom. The standard InChI is InChI=1S/C18H22N2O/c1-13-15(11-19-14(2)20-13)8-9-18(10-17(18)12-21)16-6-4-3-5-7-16/h3-9,11,13,15,17,21H,10,12H2,1-2H3/b9-8+/t13?,15?,17-,18-/m0/s1. The molecular weight excluding hydrogens is 260 g/mol. The number of hydrogen-bond acceptors (Lipinski definition) is 3. The van der Waals surface area contributed by atoms with Crippen molar-refractivity contribution in [3.63, 3.8) is 0 Å². The van der Waals surface area contributed by atoms with E-state index >= 15 is 0 Å². The molecule has 1 aromatic carbocycles. The monoisotopic (exact) mass is 282 g/mol. The largest absolute Gasteiger partial charge is 0.396 e. The van der Waals surface area contributed by atoms with Crippen LogP contribution in [0.2, 0.25) is 0 Å². The molecule has 1 aliphatic heterocycles. The molecule has 0 amide bonds. The third-order valence-corrected chi connectivity index (χ3v) is 4.68. The van der Waals surface area contributed by atoms with Crippen molar-refractivity contribution in [1.82, 2.24) is 0 Å². The lowest BCUT2D eigenvalue weighted by atomic mass is 9.90. The van der Waals surface area contributed by atoms with E-state index in [-0.39, 0.29) is 24.0 Å². The third-order valence-electron chi connectivity index (χ3n) is 4.68. The Morgan fingerprint density at radius 3 is 2.71 bits per heavy atom. The van der Waals surface area contributed by atoms with Crippen molar-refractivity contribution in [2.45, 2.75) is 31.7 Å². The number of aliphatic hydroxyl groups excluding tert-OH is 1. The smallest absolute Gasteiger partial charge is 0.120 e. The van der Waals surface area contributed by atoms with Gasteiger partial charge in [-0.3, -0.25) is 4.99 Å². The fourth-order valence-electron chi connectivity index (χ4n) is 3.20. The number of amidine groups is 1. The van der Waals surface area contributed by atoms with E-state index in [4.69, 9.17) is 0 Å². The highest BCUT2D eigenvalue weighted by molar-refractivity contribution is 5.90.